The molecular weight excluding hydrogens is 373 g/mol. The molecule has 0 atom stereocenters. The lowest BCUT2D eigenvalue weighted by Gasteiger charge is -2.28. The third-order valence-electron chi connectivity index (χ3n) is 5.75. The summed E-state index contributed by atoms with van der Waals surface area (Å²) in [6.45, 7) is 1.68. The summed E-state index contributed by atoms with van der Waals surface area (Å²) in [4.78, 5) is 7.16. The molecule has 1 aliphatic rings. The van der Waals surface area contributed by atoms with Gasteiger partial charge in [-0.1, -0.05) is 42.5 Å². The fourth-order valence-corrected chi connectivity index (χ4v) is 4.31. The molecule has 0 saturated carbocycles. The largest absolute Gasteiger partial charge is 0.416 e. The Morgan fingerprint density at radius 2 is 1.66 bits per heavy atom. The van der Waals surface area contributed by atoms with Crippen molar-refractivity contribution in [3.05, 3.63) is 77.4 Å². The number of hydrogen-bond acceptors (Lipinski definition) is 2. The van der Waals surface area contributed by atoms with Crippen LogP contribution in [0.2, 0.25) is 0 Å². The van der Waals surface area contributed by atoms with Gasteiger partial charge < -0.3 is 4.90 Å². The zero-order chi connectivity index (χ0) is 20.2. The second kappa shape index (κ2) is 6.56. The molecule has 0 saturated heterocycles. The lowest BCUT2D eigenvalue weighted by Crippen LogP contribution is -2.27. The van der Waals surface area contributed by atoms with Crippen molar-refractivity contribution >= 4 is 21.7 Å². The lowest BCUT2D eigenvalue weighted by atomic mass is 9.89. The molecule has 0 aliphatic carbocycles. The van der Waals surface area contributed by atoms with E-state index in [0.717, 1.165) is 54.0 Å². The van der Waals surface area contributed by atoms with Crippen molar-refractivity contribution in [1.82, 2.24) is 9.88 Å². The highest BCUT2D eigenvalue weighted by Crippen LogP contribution is 2.38. The summed E-state index contributed by atoms with van der Waals surface area (Å²) in [5, 5.41) is 3.52. The summed E-state index contributed by atoms with van der Waals surface area (Å²) >= 11 is 0. The predicted molar refractivity (Wildman–Crippen MR) is 110 cm³/mol. The van der Waals surface area contributed by atoms with Crippen molar-refractivity contribution in [1.29, 1.82) is 0 Å². The Morgan fingerprint density at radius 1 is 0.897 bits per heavy atom. The van der Waals surface area contributed by atoms with Crippen molar-refractivity contribution in [3.8, 4) is 11.3 Å². The summed E-state index contributed by atoms with van der Waals surface area (Å²) in [7, 11) is 2.06. The first-order valence-electron chi connectivity index (χ1n) is 9.61. The normalized spacial score (nSPS) is 15.0. The maximum Gasteiger partial charge on any atom is 0.416 e. The van der Waals surface area contributed by atoms with Crippen LogP contribution in [0.3, 0.4) is 0 Å². The quantitative estimate of drug-likeness (QED) is 0.366. The number of hydrogen-bond donors (Lipinski definition) is 0. The van der Waals surface area contributed by atoms with E-state index in [9.17, 15) is 13.2 Å². The summed E-state index contributed by atoms with van der Waals surface area (Å²) in [6.07, 6.45) is -3.44. The van der Waals surface area contributed by atoms with Gasteiger partial charge in [-0.05, 0) is 53.6 Å². The third-order valence-corrected chi connectivity index (χ3v) is 5.75. The van der Waals surface area contributed by atoms with Crippen LogP contribution in [0.5, 0.6) is 0 Å². The van der Waals surface area contributed by atoms with Crippen LogP contribution in [-0.4, -0.2) is 23.5 Å². The summed E-state index contributed by atoms with van der Waals surface area (Å²) in [5.41, 5.74) is 4.13. The number of benzene rings is 3. The fourth-order valence-electron chi connectivity index (χ4n) is 4.31. The van der Waals surface area contributed by atoms with Gasteiger partial charge in [-0.3, -0.25) is 0 Å². The van der Waals surface area contributed by atoms with Crippen LogP contribution in [0.4, 0.5) is 13.2 Å². The number of pyridine rings is 1. The molecule has 0 bridgehead atoms. The molecule has 29 heavy (non-hydrogen) atoms. The molecule has 0 radical (unpaired) electrons. The van der Waals surface area contributed by atoms with Crippen LogP contribution in [0.1, 0.15) is 16.7 Å². The van der Waals surface area contributed by atoms with E-state index in [1.165, 1.54) is 33.9 Å². The first-order valence-corrected chi connectivity index (χ1v) is 9.61. The number of rotatable bonds is 1. The number of alkyl halides is 3. The van der Waals surface area contributed by atoms with Gasteiger partial charge in [0.2, 0.25) is 0 Å². The summed E-state index contributed by atoms with van der Waals surface area (Å²) in [6, 6.07) is 17.7. The van der Waals surface area contributed by atoms with Crippen LogP contribution in [0.25, 0.3) is 32.9 Å². The first-order chi connectivity index (χ1) is 13.9. The van der Waals surface area contributed by atoms with Crippen LogP contribution >= 0.6 is 0 Å². The number of aromatic nitrogens is 1. The highest BCUT2D eigenvalue weighted by atomic mass is 19.4. The molecule has 0 amide bonds. The van der Waals surface area contributed by atoms with Crippen molar-refractivity contribution in [2.24, 2.45) is 0 Å². The molecule has 2 nitrogen and oxygen atoms in total. The molecular formula is C24H19F3N2. The van der Waals surface area contributed by atoms with Gasteiger partial charge in [-0.25, -0.2) is 4.98 Å². The number of nitrogens with zero attached hydrogens (tertiary/aromatic N) is 2. The van der Waals surface area contributed by atoms with Gasteiger partial charge in [-0.2, -0.15) is 13.2 Å². The van der Waals surface area contributed by atoms with E-state index in [0.29, 0.717) is 0 Å². The van der Waals surface area contributed by atoms with E-state index < -0.39 is 11.7 Å². The Morgan fingerprint density at radius 3 is 2.41 bits per heavy atom. The average molecular weight is 392 g/mol. The van der Waals surface area contributed by atoms with Gasteiger partial charge >= 0.3 is 6.18 Å². The monoisotopic (exact) mass is 392 g/mol. The highest BCUT2D eigenvalue weighted by molar-refractivity contribution is 6.09. The second-order valence-corrected chi connectivity index (χ2v) is 7.66. The van der Waals surface area contributed by atoms with Crippen LogP contribution < -0.4 is 0 Å². The molecule has 1 aliphatic heterocycles. The van der Waals surface area contributed by atoms with Crippen LogP contribution in [0.15, 0.2) is 60.7 Å². The molecule has 146 valence electrons. The SMILES string of the molecule is CN1CCc2c(c(-c3ccc(C(F)(F)F)cc3)nc3ccc4ccccc4c23)C1. The van der Waals surface area contributed by atoms with E-state index in [2.05, 4.69) is 30.1 Å². The zero-order valence-electron chi connectivity index (χ0n) is 15.9. The molecule has 0 unspecified atom stereocenters. The Balaban J connectivity index is 1.78. The number of fused-ring (bicyclic) bond motifs is 5. The Labute approximate surface area is 166 Å². The van der Waals surface area contributed by atoms with E-state index in [1.807, 2.05) is 18.2 Å². The predicted octanol–water partition coefficient (Wildman–Crippen LogP) is 6.06. The molecule has 3 aromatic carbocycles. The summed E-state index contributed by atoms with van der Waals surface area (Å²) < 4.78 is 38.9. The van der Waals surface area contributed by atoms with Crippen LogP contribution in [0, 0.1) is 0 Å². The molecule has 0 fully saturated rings. The third kappa shape index (κ3) is 3.06. The molecule has 0 spiro atoms. The standard InChI is InChI=1S/C24H19F3N2/c1-29-13-12-19-20(14-29)23(16-6-9-17(10-7-16)24(25,26)27)28-21-11-8-15-4-2-3-5-18(15)22(19)21/h2-11H,12-14H2,1H3. The number of halogens is 3. The fraction of sp³-hybridized carbons (Fsp3) is 0.208. The van der Waals surface area contributed by atoms with E-state index in [1.54, 1.807) is 0 Å². The maximum absolute atomic E-state index is 13.0. The summed E-state index contributed by atoms with van der Waals surface area (Å²) in [5.74, 6) is 0. The highest BCUT2D eigenvalue weighted by Gasteiger charge is 2.30. The topological polar surface area (TPSA) is 16.1 Å². The maximum atomic E-state index is 13.0. The molecule has 4 aromatic rings. The smallest absolute Gasteiger partial charge is 0.302 e. The Hall–Kier alpha value is -2.92. The van der Waals surface area contributed by atoms with Crippen molar-refractivity contribution in [2.75, 3.05) is 13.6 Å². The molecule has 5 rings (SSSR count). The van der Waals surface area contributed by atoms with Gasteiger partial charge in [0, 0.05) is 24.0 Å². The Bertz CT molecular complexity index is 1230. The number of likely N-dealkylation sites (N-methyl/N-ethyl adjacent to an activating group) is 1. The minimum Gasteiger partial charge on any atom is -0.302 e. The van der Waals surface area contributed by atoms with Gasteiger partial charge in [-0.15, -0.1) is 0 Å². The van der Waals surface area contributed by atoms with Gasteiger partial charge in [0.05, 0.1) is 16.8 Å². The van der Waals surface area contributed by atoms with Crippen molar-refractivity contribution in [3.63, 3.8) is 0 Å². The Kier molecular flexibility index (Phi) is 4.10. The van der Waals surface area contributed by atoms with Gasteiger partial charge in [0.15, 0.2) is 0 Å². The first kappa shape index (κ1) is 18.1. The van der Waals surface area contributed by atoms with E-state index in [-0.39, 0.29) is 0 Å². The van der Waals surface area contributed by atoms with Crippen LogP contribution in [-0.2, 0) is 19.1 Å². The van der Waals surface area contributed by atoms with Gasteiger partial charge in [0.25, 0.3) is 0 Å². The lowest BCUT2D eigenvalue weighted by molar-refractivity contribution is -0.137. The van der Waals surface area contributed by atoms with Crippen molar-refractivity contribution in [2.45, 2.75) is 19.1 Å². The average Bonchev–Trinajstić information content (AvgIpc) is 2.72. The minimum atomic E-state index is -4.34. The molecule has 1 aromatic heterocycles. The van der Waals surface area contributed by atoms with Crippen molar-refractivity contribution < 1.29 is 13.2 Å². The second-order valence-electron chi connectivity index (χ2n) is 7.66. The van der Waals surface area contributed by atoms with E-state index >= 15 is 0 Å². The molecule has 5 heteroatoms. The van der Waals surface area contributed by atoms with Gasteiger partial charge in [0.1, 0.15) is 0 Å². The zero-order valence-corrected chi connectivity index (χ0v) is 15.9. The minimum absolute atomic E-state index is 0.640. The van der Waals surface area contributed by atoms with E-state index in [4.69, 9.17) is 4.98 Å². The molecule has 2 heterocycles. The molecule has 0 N–H and O–H groups in total.